The Hall–Kier alpha value is -3.82. The molecule has 3 rings (SSSR count). The molecule has 0 saturated carbocycles. The lowest BCUT2D eigenvalue weighted by Gasteiger charge is -2.32. The smallest absolute Gasteiger partial charge is 0.327 e. The van der Waals surface area contributed by atoms with Crippen molar-refractivity contribution < 1.29 is 23.6 Å². The number of hydrazine groups is 1. The first kappa shape index (κ1) is 20.9. The third-order valence-electron chi connectivity index (χ3n) is 4.61. The van der Waals surface area contributed by atoms with Gasteiger partial charge in [0.15, 0.2) is 0 Å². The third kappa shape index (κ3) is 5.84. The van der Waals surface area contributed by atoms with Crippen molar-refractivity contribution in [1.82, 2.24) is 21.1 Å². The van der Waals surface area contributed by atoms with Crippen molar-refractivity contribution in [1.29, 1.82) is 0 Å². The number of nitrogens with one attached hydrogen (secondary N) is 4. The van der Waals surface area contributed by atoms with E-state index in [1.165, 1.54) is 6.26 Å². The maximum absolute atomic E-state index is 12.4. The van der Waals surface area contributed by atoms with Crippen LogP contribution in [0.4, 0.5) is 10.5 Å². The van der Waals surface area contributed by atoms with Crippen LogP contribution < -0.4 is 21.5 Å². The summed E-state index contributed by atoms with van der Waals surface area (Å²) in [6.45, 7) is 0.802. The SMILES string of the molecule is O=C(NCc1ccco1)C(=O)NNC(=O)[C@H]1CCCN(C(=O)Nc2ccccc2)C1. The Kier molecular flexibility index (Phi) is 7.04. The number of rotatable bonds is 4. The van der Waals surface area contributed by atoms with E-state index in [9.17, 15) is 19.2 Å². The van der Waals surface area contributed by atoms with Gasteiger partial charge in [0.1, 0.15) is 5.76 Å². The molecule has 2 heterocycles. The van der Waals surface area contributed by atoms with Crippen LogP contribution in [0.1, 0.15) is 18.6 Å². The van der Waals surface area contributed by atoms with Gasteiger partial charge in [-0.2, -0.15) is 0 Å². The third-order valence-corrected chi connectivity index (χ3v) is 4.61. The number of benzene rings is 1. The average molecular weight is 413 g/mol. The lowest BCUT2D eigenvalue weighted by atomic mass is 9.98. The van der Waals surface area contributed by atoms with E-state index >= 15 is 0 Å². The quantitative estimate of drug-likeness (QED) is 0.438. The van der Waals surface area contributed by atoms with Gasteiger partial charge >= 0.3 is 17.8 Å². The molecule has 1 aromatic carbocycles. The Morgan fingerprint density at radius 1 is 1.00 bits per heavy atom. The van der Waals surface area contributed by atoms with Crippen LogP contribution in [0.15, 0.2) is 53.1 Å². The van der Waals surface area contributed by atoms with E-state index in [-0.39, 0.29) is 19.1 Å². The lowest BCUT2D eigenvalue weighted by Crippen LogP contribution is -2.53. The van der Waals surface area contributed by atoms with Gasteiger partial charge in [0.2, 0.25) is 5.91 Å². The molecule has 1 saturated heterocycles. The number of furan rings is 1. The molecule has 0 aliphatic carbocycles. The molecule has 10 heteroatoms. The first-order valence-electron chi connectivity index (χ1n) is 9.54. The number of nitrogens with zero attached hydrogens (tertiary/aromatic N) is 1. The maximum atomic E-state index is 12.4. The highest BCUT2D eigenvalue weighted by Crippen LogP contribution is 2.18. The molecule has 1 fully saturated rings. The molecule has 0 bridgehead atoms. The van der Waals surface area contributed by atoms with Crippen molar-refractivity contribution in [3.63, 3.8) is 0 Å². The number of carbonyl (C=O) groups is 4. The number of anilines is 1. The molecule has 0 spiro atoms. The first-order chi connectivity index (χ1) is 14.5. The number of carbonyl (C=O) groups excluding carboxylic acids is 4. The molecule has 1 atom stereocenters. The summed E-state index contributed by atoms with van der Waals surface area (Å²) in [5.41, 5.74) is 5.02. The molecule has 0 unspecified atom stereocenters. The topological polar surface area (TPSA) is 133 Å². The molecule has 0 radical (unpaired) electrons. The van der Waals surface area contributed by atoms with Crippen LogP contribution in [0.25, 0.3) is 0 Å². The van der Waals surface area contributed by atoms with Crippen LogP contribution in [0.5, 0.6) is 0 Å². The molecule has 4 N–H and O–H groups in total. The van der Waals surface area contributed by atoms with Crippen molar-refractivity contribution >= 4 is 29.4 Å². The van der Waals surface area contributed by atoms with E-state index in [1.807, 2.05) is 18.2 Å². The summed E-state index contributed by atoms with van der Waals surface area (Å²) in [5, 5.41) is 5.16. The molecule has 5 amide bonds. The van der Waals surface area contributed by atoms with Crippen LogP contribution >= 0.6 is 0 Å². The number of amides is 5. The van der Waals surface area contributed by atoms with Gasteiger partial charge in [0, 0.05) is 18.8 Å². The second-order valence-corrected chi connectivity index (χ2v) is 6.79. The number of hydrogen-bond donors (Lipinski definition) is 4. The largest absolute Gasteiger partial charge is 0.467 e. The molecular weight excluding hydrogens is 390 g/mol. The Morgan fingerprint density at radius 2 is 1.80 bits per heavy atom. The second-order valence-electron chi connectivity index (χ2n) is 6.79. The van der Waals surface area contributed by atoms with Gasteiger partial charge in [0.05, 0.1) is 18.7 Å². The number of hydrogen-bond acceptors (Lipinski definition) is 5. The van der Waals surface area contributed by atoms with Crippen LogP contribution in [0.2, 0.25) is 0 Å². The average Bonchev–Trinajstić information content (AvgIpc) is 3.30. The van der Waals surface area contributed by atoms with E-state index in [0.29, 0.717) is 30.8 Å². The van der Waals surface area contributed by atoms with Crippen molar-refractivity contribution in [3.05, 3.63) is 54.5 Å². The fraction of sp³-hybridized carbons (Fsp3) is 0.300. The summed E-state index contributed by atoms with van der Waals surface area (Å²) in [5.74, 6) is -2.36. The Balaban J connectivity index is 1.42. The highest BCUT2D eigenvalue weighted by molar-refractivity contribution is 6.35. The molecule has 10 nitrogen and oxygen atoms in total. The Morgan fingerprint density at radius 3 is 2.53 bits per heavy atom. The normalized spacial score (nSPS) is 15.7. The minimum Gasteiger partial charge on any atom is -0.467 e. The Bertz CT molecular complexity index is 884. The summed E-state index contributed by atoms with van der Waals surface area (Å²) < 4.78 is 5.05. The molecule has 1 aliphatic rings. The summed E-state index contributed by atoms with van der Waals surface area (Å²) in [4.78, 5) is 49.9. The van der Waals surface area contributed by atoms with Gasteiger partial charge in [-0.1, -0.05) is 18.2 Å². The van der Waals surface area contributed by atoms with E-state index in [2.05, 4.69) is 21.5 Å². The van der Waals surface area contributed by atoms with Gasteiger partial charge < -0.3 is 20.0 Å². The van der Waals surface area contributed by atoms with Crippen molar-refractivity contribution in [2.75, 3.05) is 18.4 Å². The van der Waals surface area contributed by atoms with Gasteiger partial charge in [-0.15, -0.1) is 0 Å². The highest BCUT2D eigenvalue weighted by Gasteiger charge is 2.29. The second kappa shape index (κ2) is 10.1. The maximum Gasteiger partial charge on any atom is 0.327 e. The zero-order valence-electron chi connectivity index (χ0n) is 16.2. The van der Waals surface area contributed by atoms with Gasteiger partial charge in [-0.25, -0.2) is 4.79 Å². The predicted molar refractivity (Wildman–Crippen MR) is 107 cm³/mol. The number of likely N-dealkylation sites (tertiary alicyclic amines) is 1. The summed E-state index contributed by atoms with van der Waals surface area (Å²) >= 11 is 0. The van der Waals surface area contributed by atoms with E-state index in [4.69, 9.17) is 4.42 Å². The molecule has 30 heavy (non-hydrogen) atoms. The lowest BCUT2D eigenvalue weighted by molar-refractivity contribution is -0.141. The summed E-state index contributed by atoms with van der Waals surface area (Å²) in [6.07, 6.45) is 2.68. The minimum atomic E-state index is -0.996. The van der Waals surface area contributed by atoms with Crippen molar-refractivity contribution in [3.8, 4) is 0 Å². The fourth-order valence-electron chi connectivity index (χ4n) is 3.04. The molecular formula is C20H23N5O5. The first-order valence-corrected chi connectivity index (χ1v) is 9.54. The Labute approximate surface area is 173 Å². The summed E-state index contributed by atoms with van der Waals surface area (Å²) in [7, 11) is 0. The molecule has 1 aliphatic heterocycles. The van der Waals surface area contributed by atoms with Crippen LogP contribution in [0.3, 0.4) is 0 Å². The standard InChI is InChI=1S/C20H23N5O5/c26-17(23-24-19(28)18(27)21-12-16-9-5-11-30-16)14-6-4-10-25(13-14)20(29)22-15-7-2-1-3-8-15/h1-3,5,7-9,11,14H,4,6,10,12-13H2,(H,21,27)(H,22,29)(H,23,26)(H,24,28)/t14-/m0/s1. The van der Waals surface area contributed by atoms with Crippen LogP contribution in [-0.4, -0.2) is 41.7 Å². The monoisotopic (exact) mass is 413 g/mol. The zero-order chi connectivity index (χ0) is 21.3. The van der Waals surface area contributed by atoms with Gasteiger partial charge in [-0.3, -0.25) is 25.2 Å². The molecule has 1 aromatic heterocycles. The molecule has 158 valence electrons. The van der Waals surface area contributed by atoms with E-state index in [0.717, 1.165) is 0 Å². The summed E-state index contributed by atoms with van der Waals surface area (Å²) in [6, 6.07) is 12.1. The van der Waals surface area contributed by atoms with Gasteiger partial charge in [0.25, 0.3) is 0 Å². The fourth-order valence-corrected chi connectivity index (χ4v) is 3.04. The van der Waals surface area contributed by atoms with E-state index in [1.54, 1.807) is 29.2 Å². The highest BCUT2D eigenvalue weighted by atomic mass is 16.3. The van der Waals surface area contributed by atoms with Crippen LogP contribution in [-0.2, 0) is 20.9 Å². The van der Waals surface area contributed by atoms with Crippen molar-refractivity contribution in [2.24, 2.45) is 5.92 Å². The van der Waals surface area contributed by atoms with Crippen LogP contribution in [0, 0.1) is 5.92 Å². The van der Waals surface area contributed by atoms with Gasteiger partial charge in [-0.05, 0) is 37.1 Å². The molecule has 2 aromatic rings. The number of para-hydroxylation sites is 1. The zero-order valence-corrected chi connectivity index (χ0v) is 16.2. The minimum absolute atomic E-state index is 0.0569. The van der Waals surface area contributed by atoms with E-state index < -0.39 is 23.6 Å². The van der Waals surface area contributed by atoms with Crippen molar-refractivity contribution in [2.45, 2.75) is 19.4 Å². The number of piperidine rings is 1. The number of urea groups is 1. The predicted octanol–water partition coefficient (Wildman–Crippen LogP) is 0.987.